The highest BCUT2D eigenvalue weighted by Gasteiger charge is 2.36. The van der Waals surface area contributed by atoms with E-state index < -0.39 is 21.1 Å². The third-order valence-corrected chi connectivity index (χ3v) is 6.14. The molecular formula is C14H21NO4S. The van der Waals surface area contributed by atoms with Crippen LogP contribution in [-0.2, 0) is 9.84 Å². The number of benzene rings is 1. The lowest BCUT2D eigenvalue weighted by Gasteiger charge is -2.29. The summed E-state index contributed by atoms with van der Waals surface area (Å²) in [4.78, 5) is 0. The molecule has 1 fully saturated rings. The first-order chi connectivity index (χ1) is 9.51. The first-order valence-corrected chi connectivity index (χ1v) is 8.41. The molecule has 5 nitrogen and oxygen atoms in total. The van der Waals surface area contributed by atoms with Crippen molar-refractivity contribution in [2.45, 2.75) is 30.6 Å². The van der Waals surface area contributed by atoms with Crippen molar-refractivity contribution in [1.82, 2.24) is 0 Å². The highest BCUT2D eigenvalue weighted by atomic mass is 32.2. The van der Waals surface area contributed by atoms with Crippen molar-refractivity contribution in [3.63, 3.8) is 0 Å². The molecule has 0 radical (unpaired) electrons. The summed E-state index contributed by atoms with van der Waals surface area (Å²) >= 11 is 0. The van der Waals surface area contributed by atoms with E-state index in [0.717, 1.165) is 6.42 Å². The third-order valence-electron chi connectivity index (χ3n) is 3.83. The molecule has 6 heteroatoms. The Hall–Kier alpha value is -1.27. The van der Waals surface area contributed by atoms with Gasteiger partial charge in [-0.2, -0.15) is 0 Å². The lowest BCUT2D eigenvalue weighted by Crippen LogP contribution is -2.38. The Kier molecular flexibility index (Phi) is 4.55. The topological polar surface area (TPSA) is 78.6 Å². The molecule has 0 spiro atoms. The van der Waals surface area contributed by atoms with Gasteiger partial charge in [0.2, 0.25) is 0 Å². The standard InChI is InChI=1S/C14H21NO4S/c1-18-10-6-5-7-11(19-2)13(10)14(15)12-8-3-4-9-20(12,16)17/h5-7,12,14H,3-4,8-9,15H2,1-2H3. The summed E-state index contributed by atoms with van der Waals surface area (Å²) < 4.78 is 35.1. The molecule has 0 aliphatic carbocycles. The lowest BCUT2D eigenvalue weighted by atomic mass is 9.98. The van der Waals surface area contributed by atoms with E-state index >= 15 is 0 Å². The fraction of sp³-hybridized carbons (Fsp3) is 0.571. The molecule has 0 amide bonds. The van der Waals surface area contributed by atoms with E-state index in [9.17, 15) is 8.42 Å². The maximum atomic E-state index is 12.2. The highest BCUT2D eigenvalue weighted by Crippen LogP contribution is 2.38. The van der Waals surface area contributed by atoms with Gasteiger partial charge in [-0.3, -0.25) is 0 Å². The number of sulfone groups is 1. The number of rotatable bonds is 4. The van der Waals surface area contributed by atoms with Crippen LogP contribution in [0, 0.1) is 0 Å². The van der Waals surface area contributed by atoms with Crippen molar-refractivity contribution >= 4 is 9.84 Å². The van der Waals surface area contributed by atoms with Gasteiger partial charge in [-0.1, -0.05) is 12.5 Å². The first kappa shape index (κ1) is 15.1. The van der Waals surface area contributed by atoms with Gasteiger partial charge in [0.25, 0.3) is 0 Å². The maximum Gasteiger partial charge on any atom is 0.155 e. The predicted octanol–water partition coefficient (Wildman–Crippen LogP) is 1.67. The second-order valence-corrected chi connectivity index (χ2v) is 7.34. The monoisotopic (exact) mass is 299 g/mol. The van der Waals surface area contributed by atoms with E-state index in [1.54, 1.807) is 32.4 Å². The molecule has 1 aliphatic heterocycles. The molecule has 0 bridgehead atoms. The van der Waals surface area contributed by atoms with Crippen molar-refractivity contribution in [1.29, 1.82) is 0 Å². The summed E-state index contributed by atoms with van der Waals surface area (Å²) in [5.41, 5.74) is 6.89. The summed E-state index contributed by atoms with van der Waals surface area (Å²) in [6, 6.07) is 4.70. The number of nitrogens with two attached hydrogens (primary N) is 1. The normalized spacial score (nSPS) is 23.1. The molecule has 1 aromatic carbocycles. The Morgan fingerprint density at radius 3 is 2.30 bits per heavy atom. The molecule has 1 heterocycles. The van der Waals surface area contributed by atoms with Crippen LogP contribution < -0.4 is 15.2 Å². The van der Waals surface area contributed by atoms with Crippen molar-refractivity contribution in [2.75, 3.05) is 20.0 Å². The van der Waals surface area contributed by atoms with Gasteiger partial charge in [-0.05, 0) is 25.0 Å². The molecule has 112 valence electrons. The molecule has 1 aromatic rings. The minimum atomic E-state index is -3.16. The molecule has 1 aliphatic rings. The number of methoxy groups -OCH3 is 2. The van der Waals surface area contributed by atoms with Gasteiger partial charge >= 0.3 is 0 Å². The first-order valence-electron chi connectivity index (χ1n) is 6.69. The fourth-order valence-corrected chi connectivity index (χ4v) is 4.79. The number of ether oxygens (including phenoxy) is 2. The molecule has 1 saturated heterocycles. The van der Waals surface area contributed by atoms with E-state index in [1.165, 1.54) is 0 Å². The molecule has 20 heavy (non-hydrogen) atoms. The minimum Gasteiger partial charge on any atom is -0.496 e. The molecular weight excluding hydrogens is 278 g/mol. The van der Waals surface area contributed by atoms with E-state index in [-0.39, 0.29) is 5.75 Å². The van der Waals surface area contributed by atoms with Crippen LogP contribution >= 0.6 is 0 Å². The Balaban J connectivity index is 2.44. The Bertz CT molecular complexity index is 548. The summed E-state index contributed by atoms with van der Waals surface area (Å²) in [6.45, 7) is 0. The van der Waals surface area contributed by atoms with Gasteiger partial charge in [0.05, 0.1) is 36.8 Å². The summed E-state index contributed by atoms with van der Waals surface area (Å²) in [7, 11) is -0.0729. The van der Waals surface area contributed by atoms with Crippen LogP contribution in [0.5, 0.6) is 11.5 Å². The van der Waals surface area contributed by atoms with Crippen LogP contribution in [0.25, 0.3) is 0 Å². The van der Waals surface area contributed by atoms with Gasteiger partial charge < -0.3 is 15.2 Å². The van der Waals surface area contributed by atoms with Crippen molar-refractivity contribution in [3.8, 4) is 11.5 Å². The summed E-state index contributed by atoms with van der Waals surface area (Å²) in [5.74, 6) is 1.35. The smallest absolute Gasteiger partial charge is 0.155 e. The zero-order chi connectivity index (χ0) is 14.8. The maximum absolute atomic E-state index is 12.2. The van der Waals surface area contributed by atoms with Crippen LogP contribution in [-0.4, -0.2) is 33.6 Å². The quantitative estimate of drug-likeness (QED) is 0.915. The summed E-state index contributed by atoms with van der Waals surface area (Å²) in [6.07, 6.45) is 2.19. The third kappa shape index (κ3) is 2.76. The Labute approximate surface area is 120 Å². The predicted molar refractivity (Wildman–Crippen MR) is 77.9 cm³/mol. The average molecular weight is 299 g/mol. The summed E-state index contributed by atoms with van der Waals surface area (Å²) in [5, 5.41) is -0.568. The van der Waals surface area contributed by atoms with Crippen LogP contribution in [0.2, 0.25) is 0 Å². The largest absolute Gasteiger partial charge is 0.496 e. The molecule has 2 atom stereocenters. The van der Waals surface area contributed by atoms with Crippen LogP contribution in [0.15, 0.2) is 18.2 Å². The Morgan fingerprint density at radius 1 is 1.20 bits per heavy atom. The van der Waals surface area contributed by atoms with Crippen molar-refractivity contribution < 1.29 is 17.9 Å². The number of hydrogen-bond donors (Lipinski definition) is 1. The van der Waals surface area contributed by atoms with Gasteiger partial charge in [-0.15, -0.1) is 0 Å². The van der Waals surface area contributed by atoms with E-state index in [0.29, 0.717) is 29.9 Å². The highest BCUT2D eigenvalue weighted by molar-refractivity contribution is 7.92. The van der Waals surface area contributed by atoms with E-state index in [1.807, 2.05) is 0 Å². The molecule has 2 unspecified atom stereocenters. The van der Waals surface area contributed by atoms with Crippen molar-refractivity contribution in [2.24, 2.45) is 5.73 Å². The van der Waals surface area contributed by atoms with E-state index in [2.05, 4.69) is 0 Å². The van der Waals surface area contributed by atoms with Gasteiger partial charge in [0.1, 0.15) is 11.5 Å². The van der Waals surface area contributed by atoms with Crippen LogP contribution in [0.4, 0.5) is 0 Å². The Morgan fingerprint density at radius 2 is 1.80 bits per heavy atom. The van der Waals surface area contributed by atoms with Crippen LogP contribution in [0.3, 0.4) is 0 Å². The molecule has 2 rings (SSSR count). The molecule has 2 N–H and O–H groups in total. The molecule has 0 aromatic heterocycles. The number of hydrogen-bond acceptors (Lipinski definition) is 5. The molecule has 0 saturated carbocycles. The minimum absolute atomic E-state index is 0.211. The van der Waals surface area contributed by atoms with Crippen LogP contribution in [0.1, 0.15) is 30.9 Å². The lowest BCUT2D eigenvalue weighted by molar-refractivity contribution is 0.374. The second-order valence-electron chi connectivity index (χ2n) is 5.00. The SMILES string of the molecule is COc1cccc(OC)c1C(N)C1CCCCS1(=O)=O. The van der Waals surface area contributed by atoms with Gasteiger partial charge in [-0.25, -0.2) is 8.42 Å². The van der Waals surface area contributed by atoms with Gasteiger partial charge in [0, 0.05) is 0 Å². The second kappa shape index (κ2) is 6.01. The van der Waals surface area contributed by atoms with Crippen molar-refractivity contribution in [3.05, 3.63) is 23.8 Å². The zero-order valence-corrected chi connectivity index (χ0v) is 12.7. The zero-order valence-electron chi connectivity index (χ0n) is 11.8. The fourth-order valence-electron chi connectivity index (χ4n) is 2.78. The van der Waals surface area contributed by atoms with E-state index in [4.69, 9.17) is 15.2 Å². The average Bonchev–Trinajstić information content (AvgIpc) is 2.45. The van der Waals surface area contributed by atoms with Gasteiger partial charge in [0.15, 0.2) is 9.84 Å².